The van der Waals surface area contributed by atoms with Gasteiger partial charge in [-0.25, -0.2) is 9.97 Å². The second-order valence-electron chi connectivity index (χ2n) is 5.28. The van der Waals surface area contributed by atoms with Crippen molar-refractivity contribution in [3.05, 3.63) is 52.8 Å². The number of nitrogens with zero attached hydrogens (tertiary/aromatic N) is 2. The van der Waals surface area contributed by atoms with E-state index in [4.69, 9.17) is 0 Å². The number of hydrogen-bond donors (Lipinski definition) is 2. The van der Waals surface area contributed by atoms with Gasteiger partial charge in [0.2, 0.25) is 11.9 Å². The fraction of sp³-hybridized carbons (Fsp3) is 0.250. The van der Waals surface area contributed by atoms with E-state index in [2.05, 4.69) is 20.6 Å². The lowest BCUT2D eigenvalue weighted by atomic mass is 10.1. The number of carbonyl (C=O) groups excluding carboxylic acids is 2. The van der Waals surface area contributed by atoms with Crippen molar-refractivity contribution in [3.8, 4) is 0 Å². The zero-order valence-electron chi connectivity index (χ0n) is 13.4. The average molecular weight is 352 g/mol. The number of rotatable bonds is 4. The molecular weight excluding hydrogens is 337 g/mol. The van der Waals surface area contributed by atoms with Gasteiger partial charge in [-0.05, 0) is 30.7 Å². The van der Waals surface area contributed by atoms with Gasteiger partial charge in [-0.2, -0.15) is 13.2 Å². The largest absolute Gasteiger partial charge is 0.416 e. The van der Waals surface area contributed by atoms with E-state index in [0.29, 0.717) is 11.3 Å². The van der Waals surface area contributed by atoms with Gasteiger partial charge in [0, 0.05) is 19.2 Å². The van der Waals surface area contributed by atoms with E-state index in [0.717, 1.165) is 12.1 Å². The van der Waals surface area contributed by atoms with Gasteiger partial charge in [0.15, 0.2) is 0 Å². The molecule has 6 nitrogen and oxygen atoms in total. The lowest BCUT2D eigenvalue weighted by Gasteiger charge is -2.10. The minimum Gasteiger partial charge on any atom is -0.347 e. The highest BCUT2D eigenvalue weighted by molar-refractivity contribution is 5.93. The number of nitrogens with one attached hydrogen (secondary N) is 2. The van der Waals surface area contributed by atoms with Crippen molar-refractivity contribution in [3.63, 3.8) is 0 Å². The second kappa shape index (κ2) is 7.29. The molecule has 0 unspecified atom stereocenters. The fourth-order valence-corrected chi connectivity index (χ4v) is 2.03. The SMILES string of the molecule is CC(=O)Nc1nc(C)cc(C(=O)NCc2cccc(C(F)(F)F)c2)n1. The summed E-state index contributed by atoms with van der Waals surface area (Å²) < 4.78 is 38.1. The van der Waals surface area contributed by atoms with E-state index in [9.17, 15) is 22.8 Å². The maximum atomic E-state index is 12.7. The van der Waals surface area contributed by atoms with Gasteiger partial charge in [-0.1, -0.05) is 12.1 Å². The van der Waals surface area contributed by atoms with Gasteiger partial charge in [-0.3, -0.25) is 14.9 Å². The molecule has 9 heteroatoms. The van der Waals surface area contributed by atoms with Gasteiger partial charge in [0.25, 0.3) is 5.91 Å². The number of amides is 2. The minimum absolute atomic E-state index is 0.00299. The molecule has 2 aromatic rings. The maximum Gasteiger partial charge on any atom is 0.416 e. The topological polar surface area (TPSA) is 84.0 Å². The van der Waals surface area contributed by atoms with Crippen LogP contribution in [-0.4, -0.2) is 21.8 Å². The van der Waals surface area contributed by atoms with E-state index in [1.807, 2.05) is 0 Å². The number of alkyl halides is 3. The first-order valence-corrected chi connectivity index (χ1v) is 7.23. The minimum atomic E-state index is -4.45. The summed E-state index contributed by atoms with van der Waals surface area (Å²) in [5.41, 5.74) is -0.0210. The molecule has 25 heavy (non-hydrogen) atoms. The van der Waals surface area contributed by atoms with E-state index in [1.165, 1.54) is 25.1 Å². The smallest absolute Gasteiger partial charge is 0.347 e. The van der Waals surface area contributed by atoms with E-state index in [-0.39, 0.29) is 24.1 Å². The number of carbonyl (C=O) groups is 2. The van der Waals surface area contributed by atoms with Crippen molar-refractivity contribution in [1.82, 2.24) is 15.3 Å². The Kier molecular flexibility index (Phi) is 5.35. The Hall–Kier alpha value is -2.97. The van der Waals surface area contributed by atoms with Crippen LogP contribution in [0, 0.1) is 6.92 Å². The number of anilines is 1. The first-order valence-electron chi connectivity index (χ1n) is 7.23. The third-order valence-corrected chi connectivity index (χ3v) is 3.08. The summed E-state index contributed by atoms with van der Waals surface area (Å²) >= 11 is 0. The number of hydrogen-bond acceptors (Lipinski definition) is 4. The molecular formula is C16H15F3N4O2. The van der Waals surface area contributed by atoms with Crippen LogP contribution in [0.15, 0.2) is 30.3 Å². The molecule has 132 valence electrons. The summed E-state index contributed by atoms with van der Waals surface area (Å²) in [6, 6.07) is 6.08. The van der Waals surface area contributed by atoms with Gasteiger partial charge in [0.1, 0.15) is 5.69 Å². The van der Waals surface area contributed by atoms with Crippen LogP contribution < -0.4 is 10.6 Å². The summed E-state index contributed by atoms with van der Waals surface area (Å²) in [6.45, 7) is 2.80. The Balaban J connectivity index is 2.10. The van der Waals surface area contributed by atoms with Gasteiger partial charge in [0.05, 0.1) is 5.56 Å². The first kappa shape index (κ1) is 18.4. The summed E-state index contributed by atoms with van der Waals surface area (Å²) in [4.78, 5) is 31.1. The van der Waals surface area contributed by atoms with Gasteiger partial charge < -0.3 is 5.32 Å². The van der Waals surface area contributed by atoms with Gasteiger partial charge in [-0.15, -0.1) is 0 Å². The summed E-state index contributed by atoms with van der Waals surface area (Å²) in [6.07, 6.45) is -4.45. The quantitative estimate of drug-likeness (QED) is 0.886. The summed E-state index contributed by atoms with van der Waals surface area (Å²) in [5, 5.41) is 4.87. The predicted molar refractivity (Wildman–Crippen MR) is 83.7 cm³/mol. The van der Waals surface area contributed by atoms with Crippen LogP contribution in [0.1, 0.15) is 34.2 Å². The molecule has 0 fully saturated rings. The highest BCUT2D eigenvalue weighted by atomic mass is 19.4. The monoisotopic (exact) mass is 352 g/mol. The molecule has 1 heterocycles. The van der Waals surface area contributed by atoms with E-state index in [1.54, 1.807) is 6.92 Å². The van der Waals surface area contributed by atoms with Crippen LogP contribution in [-0.2, 0) is 17.5 Å². The molecule has 2 N–H and O–H groups in total. The predicted octanol–water partition coefficient (Wildman–Crippen LogP) is 2.69. The molecule has 0 atom stereocenters. The van der Waals surface area contributed by atoms with Crippen LogP contribution >= 0.6 is 0 Å². The van der Waals surface area contributed by atoms with Crippen LogP contribution in [0.5, 0.6) is 0 Å². The van der Waals surface area contributed by atoms with Crippen LogP contribution in [0.3, 0.4) is 0 Å². The lowest BCUT2D eigenvalue weighted by molar-refractivity contribution is -0.137. The summed E-state index contributed by atoms with van der Waals surface area (Å²) in [5.74, 6) is -0.993. The Bertz CT molecular complexity index is 806. The molecule has 0 bridgehead atoms. The zero-order valence-corrected chi connectivity index (χ0v) is 13.4. The van der Waals surface area contributed by atoms with Crippen LogP contribution in [0.25, 0.3) is 0 Å². The average Bonchev–Trinajstić information content (AvgIpc) is 2.51. The number of aromatic nitrogens is 2. The third-order valence-electron chi connectivity index (χ3n) is 3.08. The molecule has 0 aliphatic heterocycles. The molecule has 0 aliphatic carbocycles. The number of halogens is 3. The maximum absolute atomic E-state index is 12.7. The third kappa shape index (κ3) is 5.27. The van der Waals surface area contributed by atoms with E-state index >= 15 is 0 Å². The Morgan fingerprint density at radius 2 is 1.88 bits per heavy atom. The Labute approximate surface area is 141 Å². The summed E-state index contributed by atoms with van der Waals surface area (Å²) in [7, 11) is 0. The normalized spacial score (nSPS) is 11.1. The zero-order chi connectivity index (χ0) is 18.6. The van der Waals surface area contributed by atoms with Crippen molar-refractivity contribution in [2.75, 3.05) is 5.32 Å². The number of aryl methyl sites for hydroxylation is 1. The molecule has 0 spiro atoms. The van der Waals surface area contributed by atoms with Crippen molar-refractivity contribution in [2.24, 2.45) is 0 Å². The Morgan fingerprint density at radius 3 is 2.52 bits per heavy atom. The standard InChI is InChI=1S/C16H15F3N4O2/c1-9-6-13(23-15(21-9)22-10(2)24)14(25)20-8-11-4-3-5-12(7-11)16(17,18)19/h3-7H,8H2,1-2H3,(H,20,25)(H,21,22,23,24). The molecule has 2 rings (SSSR count). The second-order valence-corrected chi connectivity index (χ2v) is 5.28. The highest BCUT2D eigenvalue weighted by Crippen LogP contribution is 2.29. The van der Waals surface area contributed by atoms with Crippen molar-refractivity contribution >= 4 is 17.8 Å². The molecule has 1 aromatic heterocycles. The molecule has 0 radical (unpaired) electrons. The Morgan fingerprint density at radius 1 is 1.16 bits per heavy atom. The lowest BCUT2D eigenvalue weighted by Crippen LogP contribution is -2.25. The van der Waals surface area contributed by atoms with Crippen LogP contribution in [0.2, 0.25) is 0 Å². The van der Waals surface area contributed by atoms with Crippen molar-refractivity contribution < 1.29 is 22.8 Å². The number of benzene rings is 1. The van der Waals surface area contributed by atoms with Gasteiger partial charge >= 0.3 is 6.18 Å². The highest BCUT2D eigenvalue weighted by Gasteiger charge is 2.30. The molecule has 0 saturated carbocycles. The molecule has 2 amide bonds. The first-order chi connectivity index (χ1) is 11.6. The van der Waals surface area contributed by atoms with Crippen molar-refractivity contribution in [2.45, 2.75) is 26.6 Å². The van der Waals surface area contributed by atoms with Crippen molar-refractivity contribution in [1.29, 1.82) is 0 Å². The van der Waals surface area contributed by atoms with Crippen LogP contribution in [0.4, 0.5) is 19.1 Å². The molecule has 0 saturated heterocycles. The molecule has 0 aliphatic rings. The molecule has 1 aromatic carbocycles. The van der Waals surface area contributed by atoms with E-state index < -0.39 is 17.6 Å². The fourth-order valence-electron chi connectivity index (χ4n) is 2.03.